The molecule has 2 unspecified atom stereocenters. The number of hydrogen-bond acceptors (Lipinski definition) is 5. The van der Waals surface area contributed by atoms with Crippen LogP contribution in [0.25, 0.3) is 0 Å². The molecule has 1 aromatic rings. The van der Waals surface area contributed by atoms with Crippen molar-refractivity contribution in [2.45, 2.75) is 25.0 Å². The Labute approximate surface area is 117 Å². The van der Waals surface area contributed by atoms with Gasteiger partial charge in [-0.2, -0.15) is 0 Å². The molecule has 1 aliphatic rings. The van der Waals surface area contributed by atoms with Crippen molar-refractivity contribution < 1.29 is 24.1 Å². The third kappa shape index (κ3) is 3.30. The number of benzene rings is 1. The van der Waals surface area contributed by atoms with Gasteiger partial charge >= 0.3 is 5.97 Å². The van der Waals surface area contributed by atoms with Crippen molar-refractivity contribution in [3.63, 3.8) is 0 Å². The van der Waals surface area contributed by atoms with E-state index in [1.807, 2.05) is 24.3 Å². The summed E-state index contributed by atoms with van der Waals surface area (Å²) in [6.45, 7) is 0. The molecule has 1 aromatic carbocycles. The molecule has 1 N–H and O–H groups in total. The normalized spacial score (nSPS) is 19.2. The molecule has 0 fully saturated rings. The van der Waals surface area contributed by atoms with Crippen LogP contribution in [0.2, 0.25) is 0 Å². The number of hydrogen-bond donors (Lipinski definition) is 1. The molecule has 1 aliphatic heterocycles. The van der Waals surface area contributed by atoms with Gasteiger partial charge in [0.05, 0.1) is 26.4 Å². The van der Waals surface area contributed by atoms with Crippen LogP contribution in [0.4, 0.5) is 0 Å². The zero-order valence-corrected chi connectivity index (χ0v) is 11.5. The standard InChI is InChI=1S/C15H18O5/c1-18-11-6-3-10(4-7-11)5-8-12(16)15-13(19-2)9-14(17)20-15/h3-4,6-7,9,12,15-16H,5,8H2,1-2H3. The third-order valence-corrected chi connectivity index (χ3v) is 3.26. The van der Waals surface area contributed by atoms with Crippen molar-refractivity contribution >= 4 is 5.97 Å². The van der Waals surface area contributed by atoms with Crippen LogP contribution in [-0.2, 0) is 20.7 Å². The summed E-state index contributed by atoms with van der Waals surface area (Å²) in [4.78, 5) is 11.2. The second-order valence-corrected chi connectivity index (χ2v) is 4.56. The van der Waals surface area contributed by atoms with Gasteiger partial charge in [-0.3, -0.25) is 0 Å². The van der Waals surface area contributed by atoms with Crippen LogP contribution >= 0.6 is 0 Å². The molecular weight excluding hydrogens is 260 g/mol. The molecular formula is C15H18O5. The SMILES string of the molecule is COC1=CC(=O)OC1C(O)CCc1ccc(OC)cc1. The molecule has 0 spiro atoms. The lowest BCUT2D eigenvalue weighted by Gasteiger charge is -2.19. The molecule has 0 saturated carbocycles. The molecule has 5 nitrogen and oxygen atoms in total. The Balaban J connectivity index is 1.90. The van der Waals surface area contributed by atoms with Gasteiger partial charge in [-0.1, -0.05) is 12.1 Å². The molecule has 20 heavy (non-hydrogen) atoms. The highest BCUT2D eigenvalue weighted by Crippen LogP contribution is 2.22. The van der Waals surface area contributed by atoms with Crippen LogP contribution in [0.3, 0.4) is 0 Å². The monoisotopic (exact) mass is 278 g/mol. The number of aryl methyl sites for hydroxylation is 1. The van der Waals surface area contributed by atoms with Crippen molar-refractivity contribution in [3.8, 4) is 5.75 Å². The van der Waals surface area contributed by atoms with Gasteiger partial charge < -0.3 is 19.3 Å². The number of aliphatic hydroxyl groups is 1. The van der Waals surface area contributed by atoms with Crippen molar-refractivity contribution in [3.05, 3.63) is 41.7 Å². The summed E-state index contributed by atoms with van der Waals surface area (Å²) in [6.07, 6.45) is 0.933. The smallest absolute Gasteiger partial charge is 0.335 e. The van der Waals surface area contributed by atoms with Crippen LogP contribution in [0.5, 0.6) is 5.75 Å². The highest BCUT2D eigenvalue weighted by atomic mass is 16.6. The van der Waals surface area contributed by atoms with E-state index in [9.17, 15) is 9.90 Å². The first-order valence-corrected chi connectivity index (χ1v) is 6.41. The number of ether oxygens (including phenoxy) is 3. The lowest BCUT2D eigenvalue weighted by Crippen LogP contribution is -2.29. The minimum absolute atomic E-state index is 0.372. The zero-order chi connectivity index (χ0) is 14.5. The number of rotatable bonds is 6. The number of aliphatic hydroxyl groups excluding tert-OH is 1. The maximum Gasteiger partial charge on any atom is 0.335 e. The average Bonchev–Trinajstić information content (AvgIpc) is 2.86. The minimum atomic E-state index is -0.783. The fraction of sp³-hybridized carbons (Fsp3) is 0.400. The summed E-state index contributed by atoms with van der Waals surface area (Å²) in [6, 6.07) is 7.63. The van der Waals surface area contributed by atoms with Crippen LogP contribution in [0.1, 0.15) is 12.0 Å². The summed E-state index contributed by atoms with van der Waals surface area (Å²) in [5.41, 5.74) is 1.08. The fourth-order valence-electron chi connectivity index (χ4n) is 2.12. The Bertz CT molecular complexity index is 491. The van der Waals surface area contributed by atoms with E-state index in [0.717, 1.165) is 11.3 Å². The third-order valence-electron chi connectivity index (χ3n) is 3.26. The van der Waals surface area contributed by atoms with E-state index >= 15 is 0 Å². The van der Waals surface area contributed by atoms with E-state index in [0.29, 0.717) is 18.6 Å². The van der Waals surface area contributed by atoms with E-state index in [-0.39, 0.29) is 0 Å². The Morgan fingerprint density at radius 2 is 1.95 bits per heavy atom. The van der Waals surface area contributed by atoms with Gasteiger partial charge in [0.2, 0.25) is 0 Å². The first-order valence-electron chi connectivity index (χ1n) is 6.41. The quantitative estimate of drug-likeness (QED) is 0.798. The van der Waals surface area contributed by atoms with Gasteiger partial charge in [-0.05, 0) is 30.5 Å². The van der Waals surface area contributed by atoms with Crippen molar-refractivity contribution in [1.29, 1.82) is 0 Å². The molecule has 2 atom stereocenters. The van der Waals surface area contributed by atoms with E-state index in [2.05, 4.69) is 0 Å². The van der Waals surface area contributed by atoms with Gasteiger partial charge in [0.15, 0.2) is 6.10 Å². The Morgan fingerprint density at radius 3 is 2.55 bits per heavy atom. The van der Waals surface area contributed by atoms with Crippen LogP contribution in [0, 0.1) is 0 Å². The second kappa shape index (κ2) is 6.43. The summed E-state index contributed by atoms with van der Waals surface area (Å²) in [5.74, 6) is 0.691. The van der Waals surface area contributed by atoms with Gasteiger partial charge in [0.25, 0.3) is 0 Å². The Morgan fingerprint density at radius 1 is 1.25 bits per heavy atom. The summed E-state index contributed by atoms with van der Waals surface area (Å²) in [5, 5.41) is 10.1. The van der Waals surface area contributed by atoms with E-state index < -0.39 is 18.2 Å². The molecule has 0 radical (unpaired) electrons. The number of carbonyl (C=O) groups excluding carboxylic acids is 1. The van der Waals surface area contributed by atoms with Crippen LogP contribution in [-0.4, -0.2) is 37.5 Å². The molecule has 0 aromatic heterocycles. The van der Waals surface area contributed by atoms with E-state index in [1.165, 1.54) is 13.2 Å². The molecule has 5 heteroatoms. The Hall–Kier alpha value is -2.01. The van der Waals surface area contributed by atoms with Gasteiger partial charge in [-0.25, -0.2) is 4.79 Å². The summed E-state index contributed by atoms with van der Waals surface area (Å²) < 4.78 is 15.1. The molecule has 2 rings (SSSR count). The van der Waals surface area contributed by atoms with Crippen LogP contribution < -0.4 is 4.74 Å². The highest BCUT2D eigenvalue weighted by molar-refractivity contribution is 5.85. The van der Waals surface area contributed by atoms with Crippen molar-refractivity contribution in [2.75, 3.05) is 14.2 Å². The van der Waals surface area contributed by atoms with Crippen molar-refractivity contribution in [2.24, 2.45) is 0 Å². The maximum atomic E-state index is 11.2. The maximum absolute atomic E-state index is 11.2. The topological polar surface area (TPSA) is 65.0 Å². The zero-order valence-electron chi connectivity index (χ0n) is 11.5. The number of methoxy groups -OCH3 is 2. The second-order valence-electron chi connectivity index (χ2n) is 4.56. The fourth-order valence-corrected chi connectivity index (χ4v) is 2.12. The summed E-state index contributed by atoms with van der Waals surface area (Å²) >= 11 is 0. The molecule has 108 valence electrons. The van der Waals surface area contributed by atoms with Crippen molar-refractivity contribution in [1.82, 2.24) is 0 Å². The van der Waals surface area contributed by atoms with Gasteiger partial charge in [0, 0.05) is 0 Å². The highest BCUT2D eigenvalue weighted by Gasteiger charge is 2.33. The molecule has 0 amide bonds. The predicted molar refractivity (Wildman–Crippen MR) is 72.3 cm³/mol. The van der Waals surface area contributed by atoms with Crippen LogP contribution in [0.15, 0.2) is 36.1 Å². The van der Waals surface area contributed by atoms with E-state index in [1.54, 1.807) is 7.11 Å². The van der Waals surface area contributed by atoms with Gasteiger partial charge in [0.1, 0.15) is 11.5 Å². The average molecular weight is 278 g/mol. The molecule has 1 heterocycles. The molecule has 0 bridgehead atoms. The summed E-state index contributed by atoms with van der Waals surface area (Å²) in [7, 11) is 3.07. The first kappa shape index (κ1) is 14.4. The lowest BCUT2D eigenvalue weighted by atomic mass is 10.0. The predicted octanol–water partition coefficient (Wildman–Crippen LogP) is 1.44. The minimum Gasteiger partial charge on any atom is -0.497 e. The van der Waals surface area contributed by atoms with E-state index in [4.69, 9.17) is 14.2 Å². The first-order chi connectivity index (χ1) is 9.63. The number of esters is 1. The number of cyclic esters (lactones) is 1. The largest absolute Gasteiger partial charge is 0.497 e. The molecule has 0 saturated heterocycles. The Kier molecular flexibility index (Phi) is 4.63. The van der Waals surface area contributed by atoms with Gasteiger partial charge in [-0.15, -0.1) is 0 Å². The lowest BCUT2D eigenvalue weighted by molar-refractivity contribution is -0.144. The number of carbonyl (C=O) groups is 1. The molecule has 0 aliphatic carbocycles.